The molecule has 4 aromatic rings. The van der Waals surface area contributed by atoms with Crippen LogP contribution in [0.2, 0.25) is 0 Å². The topological polar surface area (TPSA) is 80.5 Å². The Bertz CT molecular complexity index is 1370. The Morgan fingerprint density at radius 2 is 1.78 bits per heavy atom. The van der Waals surface area contributed by atoms with Crippen molar-refractivity contribution in [3.8, 4) is 0 Å². The first-order chi connectivity index (χ1) is 15.5. The lowest BCUT2D eigenvalue weighted by Gasteiger charge is -2.25. The van der Waals surface area contributed by atoms with Crippen molar-refractivity contribution in [1.29, 1.82) is 0 Å². The van der Waals surface area contributed by atoms with Crippen LogP contribution in [0.25, 0.3) is 15.9 Å². The third kappa shape index (κ3) is 2.82. The molecule has 0 radical (unpaired) electrons. The van der Waals surface area contributed by atoms with Crippen LogP contribution in [0.1, 0.15) is 76.1 Å². The number of carbonyl (C=O) groups is 2. The number of benzene rings is 1. The number of rotatable bonds is 4. The lowest BCUT2D eigenvalue weighted by atomic mass is 9.97. The Morgan fingerprint density at radius 3 is 2.50 bits per heavy atom. The van der Waals surface area contributed by atoms with E-state index in [2.05, 4.69) is 18.8 Å². The monoisotopic (exact) mass is 445 g/mol. The maximum atomic E-state index is 13.2. The molecule has 0 spiro atoms. The molecule has 6 rings (SSSR count). The highest BCUT2D eigenvalue weighted by atomic mass is 32.1. The highest BCUT2D eigenvalue weighted by Crippen LogP contribution is 2.38. The van der Waals surface area contributed by atoms with E-state index in [1.807, 2.05) is 0 Å². The molecule has 1 aromatic carbocycles. The Balaban J connectivity index is 1.50. The molecule has 32 heavy (non-hydrogen) atoms. The van der Waals surface area contributed by atoms with E-state index in [0.717, 1.165) is 28.7 Å². The molecule has 2 amide bonds. The quantitative estimate of drug-likeness (QED) is 0.429. The van der Waals surface area contributed by atoms with Crippen LogP contribution >= 0.6 is 11.3 Å². The Kier molecular flexibility index (Phi) is 4.40. The maximum absolute atomic E-state index is 13.2. The second-order valence-electron chi connectivity index (χ2n) is 9.05. The summed E-state index contributed by atoms with van der Waals surface area (Å²) >= 11 is 1.75. The first-order valence-corrected chi connectivity index (χ1v) is 12.0. The summed E-state index contributed by atoms with van der Waals surface area (Å²) in [6.45, 7) is 4.16. The SMILES string of the molecule is CC(C)C[C@@H](c1nc2c3c4c(sc3ncn2n1)CCCC4)N1C(=O)c2ccccc2C1=O. The smallest absolute Gasteiger partial charge is 0.262 e. The molecule has 162 valence electrons. The molecule has 0 unspecified atom stereocenters. The highest BCUT2D eigenvalue weighted by Gasteiger charge is 2.42. The van der Waals surface area contributed by atoms with Crippen molar-refractivity contribution in [2.75, 3.05) is 0 Å². The number of imide groups is 1. The molecule has 0 bridgehead atoms. The number of nitrogens with zero attached hydrogens (tertiary/aromatic N) is 5. The van der Waals surface area contributed by atoms with E-state index in [9.17, 15) is 9.59 Å². The third-order valence-corrected chi connectivity index (χ3v) is 7.64. The molecule has 1 aliphatic heterocycles. The number of hydrogen-bond acceptors (Lipinski definition) is 6. The van der Waals surface area contributed by atoms with Crippen molar-refractivity contribution in [3.63, 3.8) is 0 Å². The van der Waals surface area contributed by atoms with Gasteiger partial charge in [-0.25, -0.2) is 14.5 Å². The van der Waals surface area contributed by atoms with E-state index in [-0.39, 0.29) is 17.7 Å². The molecule has 1 atom stereocenters. The van der Waals surface area contributed by atoms with E-state index < -0.39 is 6.04 Å². The van der Waals surface area contributed by atoms with Gasteiger partial charge >= 0.3 is 0 Å². The summed E-state index contributed by atoms with van der Waals surface area (Å²) in [7, 11) is 0. The highest BCUT2D eigenvalue weighted by molar-refractivity contribution is 7.19. The van der Waals surface area contributed by atoms with Gasteiger partial charge in [0.1, 0.15) is 17.2 Å². The van der Waals surface area contributed by atoms with E-state index in [1.54, 1.807) is 46.4 Å². The van der Waals surface area contributed by atoms with Gasteiger partial charge in [-0.15, -0.1) is 16.4 Å². The van der Waals surface area contributed by atoms with Crippen molar-refractivity contribution in [2.45, 2.75) is 52.0 Å². The van der Waals surface area contributed by atoms with Crippen LogP contribution < -0.4 is 0 Å². The zero-order valence-electron chi connectivity index (χ0n) is 18.0. The number of carbonyl (C=O) groups excluding carboxylic acids is 2. The summed E-state index contributed by atoms with van der Waals surface area (Å²) in [4.78, 5) is 39.7. The van der Waals surface area contributed by atoms with Crippen molar-refractivity contribution < 1.29 is 9.59 Å². The molecule has 3 aromatic heterocycles. The largest absolute Gasteiger partial charge is 0.269 e. The lowest BCUT2D eigenvalue weighted by Crippen LogP contribution is -2.35. The Labute approximate surface area is 189 Å². The average molecular weight is 446 g/mol. The summed E-state index contributed by atoms with van der Waals surface area (Å²) in [5.74, 6) is 0.207. The number of hydrogen-bond donors (Lipinski definition) is 0. The number of amides is 2. The summed E-state index contributed by atoms with van der Waals surface area (Å²) in [5.41, 5.74) is 3.01. The molecule has 0 saturated heterocycles. The minimum atomic E-state index is -0.521. The molecule has 7 nitrogen and oxygen atoms in total. The fourth-order valence-electron chi connectivity index (χ4n) is 4.98. The van der Waals surface area contributed by atoms with E-state index in [4.69, 9.17) is 10.1 Å². The maximum Gasteiger partial charge on any atom is 0.262 e. The van der Waals surface area contributed by atoms with Crippen LogP contribution in [0.15, 0.2) is 30.6 Å². The summed E-state index contributed by atoms with van der Waals surface area (Å²) in [6, 6.07) is 6.48. The van der Waals surface area contributed by atoms with Gasteiger partial charge in [-0.05, 0) is 55.7 Å². The van der Waals surface area contributed by atoms with Crippen LogP contribution in [-0.4, -0.2) is 36.3 Å². The van der Waals surface area contributed by atoms with Crippen molar-refractivity contribution in [1.82, 2.24) is 24.5 Å². The summed E-state index contributed by atoms with van der Waals surface area (Å²) < 4.78 is 1.71. The van der Waals surface area contributed by atoms with Gasteiger partial charge in [0, 0.05) is 4.88 Å². The number of aromatic nitrogens is 4. The van der Waals surface area contributed by atoms with Gasteiger partial charge in [0.25, 0.3) is 11.8 Å². The van der Waals surface area contributed by atoms with Crippen molar-refractivity contribution >= 4 is 39.0 Å². The number of fused-ring (bicyclic) bond motifs is 6. The zero-order chi connectivity index (χ0) is 22.0. The number of thiophene rings is 1. The van der Waals surface area contributed by atoms with Gasteiger partial charge in [0.15, 0.2) is 11.5 Å². The molecule has 2 aliphatic rings. The zero-order valence-corrected chi connectivity index (χ0v) is 18.9. The Morgan fingerprint density at radius 1 is 1.06 bits per heavy atom. The Hall–Kier alpha value is -3.13. The summed E-state index contributed by atoms with van der Waals surface area (Å²) in [6.07, 6.45) is 6.81. The molecule has 4 heterocycles. The van der Waals surface area contributed by atoms with Gasteiger partial charge in [-0.3, -0.25) is 14.5 Å². The second kappa shape index (κ2) is 7.20. The van der Waals surface area contributed by atoms with E-state index >= 15 is 0 Å². The predicted molar refractivity (Wildman–Crippen MR) is 122 cm³/mol. The van der Waals surface area contributed by atoms with Gasteiger partial charge in [0.05, 0.1) is 16.5 Å². The fraction of sp³-hybridized carbons (Fsp3) is 0.375. The van der Waals surface area contributed by atoms with Crippen LogP contribution in [0.5, 0.6) is 0 Å². The second-order valence-corrected chi connectivity index (χ2v) is 10.1. The standard InChI is InChI=1S/C24H23N5O2S/c1-13(2)11-17(29-23(30)14-7-3-4-8-15(14)24(29)31)20-26-21-19-16-9-5-6-10-18(16)32-22(19)25-12-28(21)27-20/h3-4,7-8,12-13,17H,5-6,9-11H2,1-2H3/t17-/m0/s1. The van der Waals surface area contributed by atoms with Gasteiger partial charge in [-0.1, -0.05) is 26.0 Å². The van der Waals surface area contributed by atoms with Gasteiger partial charge in [-0.2, -0.15) is 0 Å². The fourth-order valence-corrected chi connectivity index (χ4v) is 6.20. The van der Waals surface area contributed by atoms with E-state index in [1.165, 1.54) is 28.2 Å². The number of aryl methyl sites for hydroxylation is 2. The van der Waals surface area contributed by atoms with E-state index in [0.29, 0.717) is 23.4 Å². The minimum Gasteiger partial charge on any atom is -0.269 e. The molecule has 8 heteroatoms. The van der Waals surface area contributed by atoms with Gasteiger partial charge in [0.2, 0.25) is 0 Å². The predicted octanol–water partition coefficient (Wildman–Crippen LogP) is 4.60. The lowest BCUT2D eigenvalue weighted by molar-refractivity contribution is 0.0555. The van der Waals surface area contributed by atoms with Crippen LogP contribution in [-0.2, 0) is 12.8 Å². The molecular formula is C24H23N5O2S. The average Bonchev–Trinajstić information content (AvgIpc) is 3.45. The first kappa shape index (κ1) is 19.5. The van der Waals surface area contributed by atoms with Crippen LogP contribution in [0.4, 0.5) is 0 Å². The first-order valence-electron chi connectivity index (χ1n) is 11.2. The third-order valence-electron chi connectivity index (χ3n) is 6.44. The molecule has 0 N–H and O–H groups in total. The molecular weight excluding hydrogens is 422 g/mol. The molecule has 0 saturated carbocycles. The molecule has 0 fully saturated rings. The summed E-state index contributed by atoms with van der Waals surface area (Å²) in [5, 5.41) is 5.80. The van der Waals surface area contributed by atoms with Crippen molar-refractivity contribution in [3.05, 3.63) is 58.0 Å². The van der Waals surface area contributed by atoms with Crippen LogP contribution in [0.3, 0.4) is 0 Å². The molecule has 1 aliphatic carbocycles. The minimum absolute atomic E-state index is 0.253. The van der Waals surface area contributed by atoms with Crippen molar-refractivity contribution in [2.24, 2.45) is 5.92 Å². The van der Waals surface area contributed by atoms with Crippen LogP contribution in [0, 0.1) is 5.92 Å². The van der Waals surface area contributed by atoms with Gasteiger partial charge < -0.3 is 0 Å². The normalized spacial score (nSPS) is 16.9.